The Labute approximate surface area is 113 Å². The second-order valence-corrected chi connectivity index (χ2v) is 5.25. The molecule has 0 fully saturated rings. The van der Waals surface area contributed by atoms with Crippen LogP contribution in [-0.4, -0.2) is 21.8 Å². The molecule has 2 aromatic heterocycles. The van der Waals surface area contributed by atoms with E-state index in [4.69, 9.17) is 0 Å². The molecule has 0 aliphatic heterocycles. The molecule has 0 radical (unpaired) electrons. The van der Waals surface area contributed by atoms with Crippen molar-refractivity contribution in [2.24, 2.45) is 5.92 Å². The van der Waals surface area contributed by atoms with E-state index in [2.05, 4.69) is 24.1 Å². The largest absolute Gasteiger partial charge is 0.350 e. The van der Waals surface area contributed by atoms with Gasteiger partial charge in [0.05, 0.1) is 5.69 Å². The standard InChI is InChI=1S/C15H21N3O/c1-5-12-13(15(19)16-9-10(2)3)18-8-6-7-11(4)14(18)17-12/h6-8,10H,5,9H2,1-4H3,(H,16,19). The van der Waals surface area contributed by atoms with Crippen LogP contribution in [0.15, 0.2) is 18.3 Å². The number of nitrogens with zero attached hydrogens (tertiary/aromatic N) is 2. The van der Waals surface area contributed by atoms with Crippen LogP contribution in [0.1, 0.15) is 42.5 Å². The van der Waals surface area contributed by atoms with Crippen LogP contribution in [0.3, 0.4) is 0 Å². The lowest BCUT2D eigenvalue weighted by Crippen LogP contribution is -2.29. The summed E-state index contributed by atoms with van der Waals surface area (Å²) in [7, 11) is 0. The number of carbonyl (C=O) groups is 1. The van der Waals surface area contributed by atoms with Crippen molar-refractivity contribution in [3.8, 4) is 0 Å². The Kier molecular flexibility index (Phi) is 3.88. The summed E-state index contributed by atoms with van der Waals surface area (Å²) in [5.74, 6) is 0.401. The Morgan fingerprint density at radius 1 is 1.47 bits per heavy atom. The van der Waals surface area contributed by atoms with E-state index in [1.807, 2.05) is 36.6 Å². The topological polar surface area (TPSA) is 46.4 Å². The Morgan fingerprint density at radius 2 is 2.21 bits per heavy atom. The third kappa shape index (κ3) is 2.62. The number of aryl methyl sites for hydroxylation is 2. The first-order chi connectivity index (χ1) is 9.04. The Balaban J connectivity index is 2.46. The molecule has 4 nitrogen and oxygen atoms in total. The summed E-state index contributed by atoms with van der Waals surface area (Å²) >= 11 is 0. The van der Waals surface area contributed by atoms with Crippen molar-refractivity contribution in [2.45, 2.75) is 34.1 Å². The SMILES string of the molecule is CCc1nc2c(C)cccn2c1C(=O)NCC(C)C. The summed E-state index contributed by atoms with van der Waals surface area (Å²) in [4.78, 5) is 16.9. The number of hydrogen-bond donors (Lipinski definition) is 1. The first-order valence-corrected chi connectivity index (χ1v) is 6.79. The highest BCUT2D eigenvalue weighted by Crippen LogP contribution is 2.16. The number of aromatic nitrogens is 2. The maximum absolute atomic E-state index is 12.3. The van der Waals surface area contributed by atoms with E-state index in [1.54, 1.807) is 0 Å². The van der Waals surface area contributed by atoms with Gasteiger partial charge in [-0.3, -0.25) is 9.20 Å². The molecule has 0 saturated heterocycles. The molecule has 0 saturated carbocycles. The highest BCUT2D eigenvalue weighted by molar-refractivity contribution is 5.94. The van der Waals surface area contributed by atoms with E-state index in [1.165, 1.54) is 0 Å². The minimum absolute atomic E-state index is 0.0383. The molecule has 102 valence electrons. The van der Waals surface area contributed by atoms with Crippen LogP contribution < -0.4 is 5.32 Å². The van der Waals surface area contributed by atoms with Crippen LogP contribution >= 0.6 is 0 Å². The Morgan fingerprint density at radius 3 is 2.84 bits per heavy atom. The molecule has 1 amide bonds. The molecule has 1 N–H and O–H groups in total. The molecule has 2 heterocycles. The lowest BCUT2D eigenvalue weighted by molar-refractivity contribution is 0.0942. The highest BCUT2D eigenvalue weighted by atomic mass is 16.1. The fraction of sp³-hybridized carbons (Fsp3) is 0.467. The van der Waals surface area contributed by atoms with Crippen molar-refractivity contribution in [1.29, 1.82) is 0 Å². The van der Waals surface area contributed by atoms with Gasteiger partial charge in [0, 0.05) is 12.7 Å². The van der Waals surface area contributed by atoms with Gasteiger partial charge in [-0.05, 0) is 30.9 Å². The first kappa shape index (κ1) is 13.6. The predicted molar refractivity (Wildman–Crippen MR) is 76.5 cm³/mol. The number of amides is 1. The molecule has 0 unspecified atom stereocenters. The molecule has 0 aliphatic rings. The van der Waals surface area contributed by atoms with E-state index >= 15 is 0 Å². The van der Waals surface area contributed by atoms with Gasteiger partial charge in [-0.25, -0.2) is 4.98 Å². The third-order valence-electron chi connectivity index (χ3n) is 3.14. The van der Waals surface area contributed by atoms with Crippen LogP contribution in [0.2, 0.25) is 0 Å². The van der Waals surface area contributed by atoms with Gasteiger partial charge in [0.1, 0.15) is 11.3 Å². The second-order valence-electron chi connectivity index (χ2n) is 5.25. The van der Waals surface area contributed by atoms with Gasteiger partial charge in [0.15, 0.2) is 0 Å². The minimum atomic E-state index is -0.0383. The first-order valence-electron chi connectivity index (χ1n) is 6.79. The van der Waals surface area contributed by atoms with E-state index in [-0.39, 0.29) is 5.91 Å². The molecule has 0 aromatic carbocycles. The smallest absolute Gasteiger partial charge is 0.270 e. The van der Waals surface area contributed by atoms with Gasteiger partial charge < -0.3 is 5.32 Å². The van der Waals surface area contributed by atoms with Crippen molar-refractivity contribution >= 4 is 11.6 Å². The van der Waals surface area contributed by atoms with E-state index in [0.717, 1.165) is 23.3 Å². The summed E-state index contributed by atoms with van der Waals surface area (Å²) in [6, 6.07) is 3.96. The van der Waals surface area contributed by atoms with E-state index in [0.29, 0.717) is 18.2 Å². The van der Waals surface area contributed by atoms with Crippen LogP contribution in [0.5, 0.6) is 0 Å². The number of rotatable bonds is 4. The maximum Gasteiger partial charge on any atom is 0.270 e. The van der Waals surface area contributed by atoms with Gasteiger partial charge in [-0.1, -0.05) is 26.8 Å². The van der Waals surface area contributed by atoms with Gasteiger partial charge in [0.2, 0.25) is 0 Å². The molecule has 2 rings (SSSR count). The molecule has 4 heteroatoms. The maximum atomic E-state index is 12.3. The lowest BCUT2D eigenvalue weighted by Gasteiger charge is -2.08. The molecule has 2 aromatic rings. The van der Waals surface area contributed by atoms with Crippen molar-refractivity contribution in [3.05, 3.63) is 35.3 Å². The van der Waals surface area contributed by atoms with Crippen LogP contribution in [-0.2, 0) is 6.42 Å². The lowest BCUT2D eigenvalue weighted by atomic mass is 10.2. The monoisotopic (exact) mass is 259 g/mol. The molecule has 0 spiro atoms. The van der Waals surface area contributed by atoms with Gasteiger partial charge in [-0.15, -0.1) is 0 Å². The number of fused-ring (bicyclic) bond motifs is 1. The number of hydrogen-bond acceptors (Lipinski definition) is 2. The highest BCUT2D eigenvalue weighted by Gasteiger charge is 2.18. The fourth-order valence-electron chi connectivity index (χ4n) is 2.12. The van der Waals surface area contributed by atoms with Crippen LogP contribution in [0.25, 0.3) is 5.65 Å². The van der Waals surface area contributed by atoms with E-state index in [9.17, 15) is 4.79 Å². The van der Waals surface area contributed by atoms with Gasteiger partial charge in [-0.2, -0.15) is 0 Å². The minimum Gasteiger partial charge on any atom is -0.350 e. The third-order valence-corrected chi connectivity index (χ3v) is 3.14. The number of nitrogens with one attached hydrogen (secondary N) is 1. The molecule has 0 bridgehead atoms. The van der Waals surface area contributed by atoms with Crippen LogP contribution in [0, 0.1) is 12.8 Å². The molecule has 0 atom stereocenters. The number of pyridine rings is 1. The quantitative estimate of drug-likeness (QED) is 0.917. The fourth-order valence-corrected chi connectivity index (χ4v) is 2.12. The zero-order valence-electron chi connectivity index (χ0n) is 12.0. The molecular formula is C15H21N3O. The number of carbonyl (C=O) groups excluding carboxylic acids is 1. The Hall–Kier alpha value is -1.84. The Bertz CT molecular complexity index is 599. The van der Waals surface area contributed by atoms with Crippen molar-refractivity contribution in [3.63, 3.8) is 0 Å². The second kappa shape index (κ2) is 5.43. The molecular weight excluding hydrogens is 238 g/mol. The summed E-state index contributed by atoms with van der Waals surface area (Å²) in [5.41, 5.74) is 3.48. The van der Waals surface area contributed by atoms with Crippen molar-refractivity contribution < 1.29 is 4.79 Å². The average Bonchev–Trinajstić information content (AvgIpc) is 2.76. The summed E-state index contributed by atoms with van der Waals surface area (Å²) in [6.07, 6.45) is 2.66. The van der Waals surface area contributed by atoms with Crippen molar-refractivity contribution in [1.82, 2.24) is 14.7 Å². The van der Waals surface area contributed by atoms with Gasteiger partial charge >= 0.3 is 0 Å². The number of imidazole rings is 1. The zero-order chi connectivity index (χ0) is 14.0. The average molecular weight is 259 g/mol. The summed E-state index contributed by atoms with van der Waals surface area (Å²) in [5, 5.41) is 2.97. The normalized spacial score (nSPS) is 11.2. The zero-order valence-corrected chi connectivity index (χ0v) is 12.0. The van der Waals surface area contributed by atoms with Crippen molar-refractivity contribution in [2.75, 3.05) is 6.54 Å². The summed E-state index contributed by atoms with van der Waals surface area (Å²) in [6.45, 7) is 8.88. The van der Waals surface area contributed by atoms with E-state index < -0.39 is 0 Å². The molecule has 19 heavy (non-hydrogen) atoms. The summed E-state index contributed by atoms with van der Waals surface area (Å²) < 4.78 is 1.89. The van der Waals surface area contributed by atoms with Crippen LogP contribution in [0.4, 0.5) is 0 Å². The predicted octanol–water partition coefficient (Wildman–Crippen LogP) is 2.59. The molecule has 0 aliphatic carbocycles. The van der Waals surface area contributed by atoms with Gasteiger partial charge in [0.25, 0.3) is 5.91 Å².